The number of carbonyl (C=O) groups excluding carboxylic acids is 1. The third kappa shape index (κ3) is 4.18. The van der Waals surface area contributed by atoms with Crippen molar-refractivity contribution in [2.24, 2.45) is 11.8 Å². The van der Waals surface area contributed by atoms with Gasteiger partial charge in [0.25, 0.3) is 0 Å². The number of carbonyl (C=O) groups is 1. The van der Waals surface area contributed by atoms with Crippen LogP contribution in [0.25, 0.3) is 0 Å². The van der Waals surface area contributed by atoms with Crippen molar-refractivity contribution < 1.29 is 13.9 Å². The van der Waals surface area contributed by atoms with E-state index in [-0.39, 0.29) is 23.9 Å². The zero-order chi connectivity index (χ0) is 16.3. The number of hydrogen-bond acceptors (Lipinski definition) is 4. The van der Waals surface area contributed by atoms with Gasteiger partial charge in [0.2, 0.25) is 0 Å². The van der Waals surface area contributed by atoms with Crippen LogP contribution in [0.2, 0.25) is 0 Å². The molecule has 0 radical (unpaired) electrons. The van der Waals surface area contributed by atoms with E-state index in [4.69, 9.17) is 10.6 Å². The quantitative estimate of drug-likeness (QED) is 0.665. The fraction of sp³-hybridized carbons (Fsp3) is 0.562. The summed E-state index contributed by atoms with van der Waals surface area (Å²) in [5.74, 6) is 5.48. The van der Waals surface area contributed by atoms with Crippen LogP contribution in [-0.4, -0.2) is 29.7 Å². The highest BCUT2D eigenvalue weighted by atomic mass is 19.1. The fourth-order valence-electron chi connectivity index (χ4n) is 2.76. The summed E-state index contributed by atoms with van der Waals surface area (Å²) in [6, 6.07) is 6.18. The van der Waals surface area contributed by atoms with Crippen LogP contribution in [0, 0.1) is 11.7 Å². The average molecular weight is 309 g/mol. The van der Waals surface area contributed by atoms with Crippen molar-refractivity contribution in [3.8, 4) is 0 Å². The minimum absolute atomic E-state index is 0.124. The Morgan fingerprint density at radius 1 is 1.50 bits per heavy atom. The molecular formula is C16H24FN3O2. The van der Waals surface area contributed by atoms with E-state index in [0.717, 1.165) is 12.0 Å². The van der Waals surface area contributed by atoms with Crippen LogP contribution < -0.4 is 11.3 Å². The zero-order valence-corrected chi connectivity index (χ0v) is 13.3. The van der Waals surface area contributed by atoms with Crippen molar-refractivity contribution in [2.75, 3.05) is 13.1 Å². The molecule has 1 aromatic carbocycles. The van der Waals surface area contributed by atoms with E-state index in [2.05, 4.69) is 5.43 Å². The first-order valence-electron chi connectivity index (χ1n) is 7.49. The lowest BCUT2D eigenvalue weighted by Crippen LogP contribution is -2.38. The highest BCUT2D eigenvalue weighted by Gasteiger charge is 2.34. The van der Waals surface area contributed by atoms with Crippen LogP contribution in [0.3, 0.4) is 0 Å². The molecule has 1 fully saturated rings. The number of rotatable bonds is 3. The van der Waals surface area contributed by atoms with E-state index in [0.29, 0.717) is 13.1 Å². The first kappa shape index (κ1) is 16.7. The molecule has 22 heavy (non-hydrogen) atoms. The molecule has 0 spiro atoms. The second kappa shape index (κ2) is 6.62. The summed E-state index contributed by atoms with van der Waals surface area (Å²) in [6.07, 6.45) is 0.481. The second-order valence-electron chi connectivity index (χ2n) is 6.67. The van der Waals surface area contributed by atoms with Gasteiger partial charge in [-0.2, -0.15) is 0 Å². The van der Waals surface area contributed by atoms with Crippen molar-refractivity contribution in [1.29, 1.82) is 0 Å². The molecule has 1 heterocycles. The number of likely N-dealkylation sites (tertiary alicyclic amines) is 1. The predicted molar refractivity (Wildman–Crippen MR) is 82.4 cm³/mol. The van der Waals surface area contributed by atoms with Gasteiger partial charge in [-0.05, 0) is 50.8 Å². The molecule has 1 amide bonds. The maximum Gasteiger partial charge on any atom is 0.410 e. The minimum Gasteiger partial charge on any atom is -0.444 e. The Kier molecular flexibility index (Phi) is 5.03. The molecule has 0 aromatic heterocycles. The normalized spacial score (nSPS) is 20.0. The van der Waals surface area contributed by atoms with Gasteiger partial charge in [0, 0.05) is 13.1 Å². The highest BCUT2D eigenvalue weighted by Crippen LogP contribution is 2.30. The number of nitrogens with one attached hydrogen (secondary N) is 1. The van der Waals surface area contributed by atoms with Gasteiger partial charge in [-0.1, -0.05) is 12.1 Å². The van der Waals surface area contributed by atoms with Crippen molar-refractivity contribution in [1.82, 2.24) is 10.3 Å². The lowest BCUT2D eigenvalue weighted by Gasteiger charge is -2.26. The van der Waals surface area contributed by atoms with E-state index in [1.54, 1.807) is 11.0 Å². The molecular weight excluding hydrogens is 285 g/mol. The molecule has 0 aliphatic carbocycles. The summed E-state index contributed by atoms with van der Waals surface area (Å²) in [6.45, 7) is 6.69. The Morgan fingerprint density at radius 2 is 2.23 bits per heavy atom. The molecule has 1 aliphatic rings. The lowest BCUT2D eigenvalue weighted by molar-refractivity contribution is 0.0285. The Morgan fingerprint density at radius 3 is 2.82 bits per heavy atom. The number of hydrazine groups is 1. The fourth-order valence-corrected chi connectivity index (χ4v) is 2.76. The second-order valence-corrected chi connectivity index (χ2v) is 6.67. The number of ether oxygens (including phenoxy) is 1. The van der Waals surface area contributed by atoms with Gasteiger partial charge in [-0.3, -0.25) is 11.3 Å². The van der Waals surface area contributed by atoms with Gasteiger partial charge < -0.3 is 9.64 Å². The molecule has 2 unspecified atom stereocenters. The summed E-state index contributed by atoms with van der Waals surface area (Å²) in [7, 11) is 0. The summed E-state index contributed by atoms with van der Waals surface area (Å²) < 4.78 is 18.8. The number of benzene rings is 1. The summed E-state index contributed by atoms with van der Waals surface area (Å²) in [5, 5.41) is 0. The molecule has 0 bridgehead atoms. The van der Waals surface area contributed by atoms with Crippen LogP contribution >= 0.6 is 0 Å². The number of amides is 1. The topological polar surface area (TPSA) is 67.6 Å². The largest absolute Gasteiger partial charge is 0.444 e. The Balaban J connectivity index is 2.03. The summed E-state index contributed by atoms with van der Waals surface area (Å²) in [4.78, 5) is 13.8. The van der Waals surface area contributed by atoms with Crippen LogP contribution in [0.4, 0.5) is 9.18 Å². The number of nitrogens with zero attached hydrogens (tertiary/aromatic N) is 1. The molecule has 6 heteroatoms. The molecule has 2 rings (SSSR count). The standard InChI is InChI=1S/C16H24FN3O2/c1-16(2,3)22-15(21)20-8-7-12(10-20)14(19-18)11-5-4-6-13(17)9-11/h4-6,9,12,14,19H,7-8,10,18H2,1-3H3. The van der Waals surface area contributed by atoms with Crippen LogP contribution in [0.5, 0.6) is 0 Å². The monoisotopic (exact) mass is 309 g/mol. The van der Waals surface area contributed by atoms with Crippen molar-refractivity contribution in [2.45, 2.75) is 38.8 Å². The predicted octanol–water partition coefficient (Wildman–Crippen LogP) is 2.59. The van der Waals surface area contributed by atoms with Gasteiger partial charge in [0.15, 0.2) is 0 Å². The van der Waals surface area contributed by atoms with Gasteiger partial charge >= 0.3 is 6.09 Å². The van der Waals surface area contributed by atoms with Crippen molar-refractivity contribution in [3.63, 3.8) is 0 Å². The molecule has 122 valence electrons. The minimum atomic E-state index is -0.511. The first-order valence-corrected chi connectivity index (χ1v) is 7.49. The van der Waals surface area contributed by atoms with Gasteiger partial charge in [-0.15, -0.1) is 0 Å². The Hall–Kier alpha value is -1.66. The Bertz CT molecular complexity index is 530. The van der Waals surface area contributed by atoms with E-state index < -0.39 is 5.60 Å². The van der Waals surface area contributed by atoms with E-state index >= 15 is 0 Å². The van der Waals surface area contributed by atoms with E-state index in [9.17, 15) is 9.18 Å². The van der Waals surface area contributed by atoms with Gasteiger partial charge in [-0.25, -0.2) is 9.18 Å². The third-order valence-electron chi connectivity index (χ3n) is 3.74. The van der Waals surface area contributed by atoms with E-state index in [1.807, 2.05) is 26.8 Å². The zero-order valence-electron chi connectivity index (χ0n) is 13.3. The maximum absolute atomic E-state index is 13.4. The first-order chi connectivity index (χ1) is 10.3. The third-order valence-corrected chi connectivity index (χ3v) is 3.74. The highest BCUT2D eigenvalue weighted by molar-refractivity contribution is 5.68. The smallest absolute Gasteiger partial charge is 0.410 e. The van der Waals surface area contributed by atoms with Crippen molar-refractivity contribution >= 4 is 6.09 Å². The van der Waals surface area contributed by atoms with Crippen molar-refractivity contribution in [3.05, 3.63) is 35.6 Å². The molecule has 5 nitrogen and oxygen atoms in total. The molecule has 2 atom stereocenters. The van der Waals surface area contributed by atoms with E-state index in [1.165, 1.54) is 12.1 Å². The average Bonchev–Trinajstić information content (AvgIpc) is 2.87. The molecule has 1 aliphatic heterocycles. The molecule has 1 aromatic rings. The number of nitrogens with two attached hydrogens (primary N) is 1. The molecule has 3 N–H and O–H groups in total. The lowest BCUT2D eigenvalue weighted by atomic mass is 9.93. The van der Waals surface area contributed by atoms with Crippen LogP contribution in [0.15, 0.2) is 24.3 Å². The Labute approximate surface area is 130 Å². The van der Waals surface area contributed by atoms with Crippen LogP contribution in [-0.2, 0) is 4.74 Å². The number of hydrogen-bond donors (Lipinski definition) is 2. The molecule has 1 saturated heterocycles. The maximum atomic E-state index is 13.4. The van der Waals surface area contributed by atoms with Gasteiger partial charge in [0.05, 0.1) is 6.04 Å². The number of halogens is 1. The summed E-state index contributed by atoms with van der Waals surface area (Å²) >= 11 is 0. The molecule has 0 saturated carbocycles. The SMILES string of the molecule is CC(C)(C)OC(=O)N1CCC(C(NN)c2cccc(F)c2)C1. The van der Waals surface area contributed by atoms with Crippen LogP contribution in [0.1, 0.15) is 38.8 Å². The van der Waals surface area contributed by atoms with Gasteiger partial charge in [0.1, 0.15) is 11.4 Å². The summed E-state index contributed by atoms with van der Waals surface area (Å²) in [5.41, 5.74) is 3.03.